The van der Waals surface area contributed by atoms with Crippen molar-refractivity contribution in [3.8, 4) is 0 Å². The molecular weight excluding hydrogens is 658 g/mol. The van der Waals surface area contributed by atoms with Crippen molar-refractivity contribution in [1.82, 2.24) is 9.80 Å². The van der Waals surface area contributed by atoms with Crippen LogP contribution in [0.4, 0.5) is 5.69 Å². The summed E-state index contributed by atoms with van der Waals surface area (Å²) in [6.07, 6.45) is 5.34. The maximum absolute atomic E-state index is 14.7. The van der Waals surface area contributed by atoms with Crippen LogP contribution in [0.25, 0.3) is 0 Å². The number of fused-ring (bicyclic) bond motifs is 1. The molecule has 0 aliphatic carbocycles. The van der Waals surface area contributed by atoms with Crippen molar-refractivity contribution in [2.75, 3.05) is 31.6 Å². The zero-order valence-corrected chi connectivity index (χ0v) is 29.7. The number of nitrogens with zero attached hydrogens (tertiary/aromatic N) is 3. The number of aliphatic hydroxyl groups is 1. The molecule has 268 valence electrons. The number of allylic oxidation sites excluding steroid dienone is 1. The number of likely N-dealkylation sites (tertiary alicyclic amines) is 1. The third kappa shape index (κ3) is 7.11. The van der Waals surface area contributed by atoms with Gasteiger partial charge in [-0.25, -0.2) is 0 Å². The molecule has 2 aromatic carbocycles. The fraction of sp³-hybridized carbons (Fsp3) is 0.487. The maximum Gasteiger partial charge on any atom is 0.313 e. The number of esters is 1. The van der Waals surface area contributed by atoms with Crippen LogP contribution >= 0.6 is 11.6 Å². The number of carbonyl (C=O) groups is 4. The van der Waals surface area contributed by atoms with Gasteiger partial charge in [-0.2, -0.15) is 0 Å². The van der Waals surface area contributed by atoms with Gasteiger partial charge in [-0.3, -0.25) is 19.2 Å². The standard InChI is InChI=1S/C39H48ClN3O7/c1-5-7-20-31(45)41(4)26(3)34(27-16-10-8-11-17-27)49-38(48)32-30-21-22-39(50-30)33(32)36(46)43(24-14-9-15-25-44)35(39)37(47)42(23-6-2)29-19-13-12-18-28(29)40/h5-6,8,10-13,16-19,26,30,32-35,44H,1-2,7,9,14-15,20-25H2,3-4H3/t26-,30-,32+,33+,34+,35-,39+/m0/s1. The topological polar surface area (TPSA) is 117 Å². The Morgan fingerprint density at radius 1 is 1.10 bits per heavy atom. The second-order valence-electron chi connectivity index (χ2n) is 13.4. The highest BCUT2D eigenvalue weighted by molar-refractivity contribution is 6.34. The van der Waals surface area contributed by atoms with Crippen LogP contribution in [0.15, 0.2) is 79.9 Å². The van der Waals surface area contributed by atoms with Crippen molar-refractivity contribution < 1.29 is 33.8 Å². The van der Waals surface area contributed by atoms with E-state index in [-0.39, 0.29) is 43.8 Å². The average molecular weight is 706 g/mol. The number of para-hydroxylation sites is 1. The maximum atomic E-state index is 14.7. The fourth-order valence-electron chi connectivity index (χ4n) is 7.89. The van der Waals surface area contributed by atoms with Crippen LogP contribution in [-0.2, 0) is 28.7 Å². The Bertz CT molecular complexity index is 1570. The number of carbonyl (C=O) groups excluding carboxylic acids is 4. The monoisotopic (exact) mass is 705 g/mol. The molecule has 0 saturated carbocycles. The minimum absolute atomic E-state index is 0.0250. The average Bonchev–Trinajstić information content (AvgIpc) is 3.77. The third-order valence-electron chi connectivity index (χ3n) is 10.5. The van der Waals surface area contributed by atoms with Crippen LogP contribution in [0.2, 0.25) is 5.02 Å². The molecule has 5 rings (SSSR count). The Morgan fingerprint density at radius 2 is 1.82 bits per heavy atom. The number of hydrogen-bond donors (Lipinski definition) is 1. The van der Waals surface area contributed by atoms with E-state index in [2.05, 4.69) is 13.2 Å². The number of rotatable bonds is 17. The molecule has 50 heavy (non-hydrogen) atoms. The van der Waals surface area contributed by atoms with Gasteiger partial charge in [0.2, 0.25) is 11.8 Å². The van der Waals surface area contributed by atoms with E-state index in [0.29, 0.717) is 54.8 Å². The van der Waals surface area contributed by atoms with E-state index in [1.165, 1.54) is 4.90 Å². The molecule has 1 spiro atoms. The number of halogens is 1. The van der Waals surface area contributed by atoms with E-state index >= 15 is 0 Å². The second kappa shape index (κ2) is 16.4. The number of anilines is 1. The highest BCUT2D eigenvalue weighted by Crippen LogP contribution is 2.59. The zero-order chi connectivity index (χ0) is 36.0. The number of amides is 3. The van der Waals surface area contributed by atoms with Crippen LogP contribution in [0.5, 0.6) is 0 Å². The Balaban J connectivity index is 1.49. The lowest BCUT2D eigenvalue weighted by Gasteiger charge is -2.37. The molecule has 1 N–H and O–H groups in total. The number of likely N-dealkylation sites (N-methyl/N-ethyl adjacent to an activating group) is 1. The molecule has 2 bridgehead atoms. The number of unbranched alkanes of at least 4 members (excludes halogenated alkanes) is 2. The first-order valence-corrected chi connectivity index (χ1v) is 17.9. The van der Waals surface area contributed by atoms with Gasteiger partial charge in [0, 0.05) is 33.2 Å². The third-order valence-corrected chi connectivity index (χ3v) is 10.8. The summed E-state index contributed by atoms with van der Waals surface area (Å²) in [4.78, 5) is 61.4. The van der Waals surface area contributed by atoms with E-state index in [4.69, 9.17) is 21.1 Å². The molecule has 3 saturated heterocycles. The summed E-state index contributed by atoms with van der Waals surface area (Å²) < 4.78 is 13.0. The van der Waals surface area contributed by atoms with Crippen molar-refractivity contribution in [3.05, 3.63) is 90.5 Å². The predicted molar refractivity (Wildman–Crippen MR) is 191 cm³/mol. The van der Waals surface area contributed by atoms with E-state index in [1.54, 1.807) is 53.3 Å². The first kappa shape index (κ1) is 37.3. The van der Waals surface area contributed by atoms with Gasteiger partial charge in [-0.15, -0.1) is 13.2 Å². The summed E-state index contributed by atoms with van der Waals surface area (Å²) in [6.45, 7) is 9.84. The highest BCUT2D eigenvalue weighted by atomic mass is 35.5. The zero-order valence-electron chi connectivity index (χ0n) is 28.9. The Hall–Kier alpha value is -3.99. The largest absolute Gasteiger partial charge is 0.455 e. The molecule has 11 heteroatoms. The quantitative estimate of drug-likeness (QED) is 0.131. The lowest BCUT2D eigenvalue weighted by molar-refractivity contribution is -0.164. The van der Waals surface area contributed by atoms with Gasteiger partial charge in [-0.1, -0.05) is 66.2 Å². The lowest BCUT2D eigenvalue weighted by Crippen LogP contribution is -2.56. The van der Waals surface area contributed by atoms with Gasteiger partial charge < -0.3 is 29.3 Å². The molecule has 10 nitrogen and oxygen atoms in total. The van der Waals surface area contributed by atoms with E-state index < -0.39 is 47.7 Å². The minimum atomic E-state index is -1.24. The summed E-state index contributed by atoms with van der Waals surface area (Å²) >= 11 is 6.58. The fourth-order valence-corrected chi connectivity index (χ4v) is 8.13. The van der Waals surface area contributed by atoms with E-state index in [1.807, 2.05) is 37.3 Å². The van der Waals surface area contributed by atoms with Crippen LogP contribution < -0.4 is 4.90 Å². The van der Waals surface area contributed by atoms with Gasteiger partial charge in [-0.05, 0) is 63.1 Å². The summed E-state index contributed by atoms with van der Waals surface area (Å²) in [5, 5.41) is 9.76. The van der Waals surface area contributed by atoms with Gasteiger partial charge in [0.1, 0.15) is 17.7 Å². The van der Waals surface area contributed by atoms with E-state index in [9.17, 15) is 24.3 Å². The van der Waals surface area contributed by atoms with Crippen LogP contribution in [0, 0.1) is 11.8 Å². The molecule has 3 fully saturated rings. The number of benzene rings is 2. The van der Waals surface area contributed by atoms with Gasteiger partial charge in [0.25, 0.3) is 5.91 Å². The summed E-state index contributed by atoms with van der Waals surface area (Å²) in [6, 6.07) is 14.7. The smallest absolute Gasteiger partial charge is 0.313 e. The summed E-state index contributed by atoms with van der Waals surface area (Å²) in [5.74, 6) is -3.26. The summed E-state index contributed by atoms with van der Waals surface area (Å²) in [5.41, 5.74) is -0.0425. The Morgan fingerprint density at radius 3 is 2.50 bits per heavy atom. The van der Waals surface area contributed by atoms with Crippen molar-refractivity contribution in [3.63, 3.8) is 0 Å². The predicted octanol–water partition coefficient (Wildman–Crippen LogP) is 5.49. The molecule has 0 unspecified atom stereocenters. The molecule has 3 aliphatic rings. The Kier molecular flexibility index (Phi) is 12.2. The first-order valence-electron chi connectivity index (χ1n) is 17.5. The van der Waals surface area contributed by atoms with Crippen LogP contribution in [0.1, 0.15) is 63.5 Å². The summed E-state index contributed by atoms with van der Waals surface area (Å²) in [7, 11) is 1.69. The number of aliphatic hydroxyl groups excluding tert-OH is 1. The van der Waals surface area contributed by atoms with E-state index in [0.717, 1.165) is 0 Å². The molecule has 7 atom stereocenters. The van der Waals surface area contributed by atoms with Crippen molar-refractivity contribution in [1.29, 1.82) is 0 Å². The van der Waals surface area contributed by atoms with Gasteiger partial charge in [0.05, 0.1) is 34.7 Å². The van der Waals surface area contributed by atoms with Crippen molar-refractivity contribution in [2.24, 2.45) is 11.8 Å². The minimum Gasteiger partial charge on any atom is -0.455 e. The second-order valence-corrected chi connectivity index (χ2v) is 13.8. The molecule has 3 aliphatic heterocycles. The molecule has 2 aromatic rings. The Labute approximate surface area is 299 Å². The van der Waals surface area contributed by atoms with Crippen molar-refractivity contribution in [2.45, 2.75) is 81.8 Å². The molecule has 3 amide bonds. The molecule has 0 radical (unpaired) electrons. The molecular formula is C39H48ClN3O7. The highest BCUT2D eigenvalue weighted by Gasteiger charge is 2.75. The number of hydrogen-bond acceptors (Lipinski definition) is 7. The molecule has 0 aromatic heterocycles. The van der Waals surface area contributed by atoms with Gasteiger partial charge >= 0.3 is 5.97 Å². The molecule has 3 heterocycles. The van der Waals surface area contributed by atoms with Crippen LogP contribution in [0.3, 0.4) is 0 Å². The normalized spacial score (nSPS) is 24.7. The SMILES string of the molecule is C=CCCC(=O)N(C)[C@@H](C)[C@@H](OC(=O)[C@@H]1[C@@H]2CC[C@]3(O2)[C@H](C(=O)N(CC=C)c2ccccc2Cl)N(CCCCCO)C(=O)[C@@H]13)c1ccccc1. The number of ether oxygens (including phenoxy) is 2. The first-order chi connectivity index (χ1) is 24.1. The van der Waals surface area contributed by atoms with Crippen molar-refractivity contribution >= 4 is 41.0 Å². The van der Waals surface area contributed by atoms with Gasteiger partial charge in [0.15, 0.2) is 0 Å². The lowest BCUT2D eigenvalue weighted by atomic mass is 9.70. The van der Waals surface area contributed by atoms with Crippen LogP contribution in [-0.4, -0.2) is 89.1 Å².